The van der Waals surface area contributed by atoms with E-state index in [0.717, 1.165) is 12.4 Å². The lowest BCUT2D eigenvalue weighted by Gasteiger charge is -2.10. The molecule has 0 unspecified atom stereocenters. The van der Waals surface area contributed by atoms with E-state index in [1.165, 1.54) is 6.07 Å². The average molecular weight is 147 g/mol. The predicted octanol–water partition coefficient (Wildman–Crippen LogP) is 0.531. The molecule has 0 aliphatic carbocycles. The molecule has 0 bridgehead atoms. The van der Waals surface area contributed by atoms with Crippen molar-refractivity contribution in [3.05, 3.63) is 18.5 Å². The standard InChI is InChI=1S/C4H3BF3N2/c6-5(7,8)4-9-2-1-3-10-4/h1-3H/q-1. The Balaban J connectivity index is 2.97. The van der Waals surface area contributed by atoms with Crippen molar-refractivity contribution in [3.8, 4) is 0 Å². The predicted molar refractivity (Wildman–Crippen MR) is 30.7 cm³/mol. The molecule has 0 fully saturated rings. The first kappa shape index (κ1) is 7.05. The van der Waals surface area contributed by atoms with Gasteiger partial charge in [0, 0.05) is 12.4 Å². The topological polar surface area (TPSA) is 25.8 Å². The van der Waals surface area contributed by atoms with Crippen LogP contribution in [0.4, 0.5) is 12.9 Å². The van der Waals surface area contributed by atoms with Crippen LogP contribution in [0.1, 0.15) is 0 Å². The van der Waals surface area contributed by atoms with Gasteiger partial charge in [0.1, 0.15) is 0 Å². The van der Waals surface area contributed by atoms with Crippen LogP contribution in [0.15, 0.2) is 18.5 Å². The van der Waals surface area contributed by atoms with Crippen LogP contribution in [0.3, 0.4) is 0 Å². The summed E-state index contributed by atoms with van der Waals surface area (Å²) in [5, 5.41) is 0. The van der Waals surface area contributed by atoms with Crippen molar-refractivity contribution >= 4 is 12.7 Å². The Labute approximate surface area is 55.2 Å². The molecule has 10 heavy (non-hydrogen) atoms. The van der Waals surface area contributed by atoms with Gasteiger partial charge >= 0.3 is 6.98 Å². The van der Waals surface area contributed by atoms with Crippen LogP contribution in [0.2, 0.25) is 0 Å². The molecule has 1 heterocycles. The number of halogens is 3. The molecule has 54 valence electrons. The molecule has 1 rings (SSSR count). The van der Waals surface area contributed by atoms with Crippen molar-refractivity contribution in [1.29, 1.82) is 0 Å². The zero-order chi connectivity index (χ0) is 7.61. The lowest BCUT2D eigenvalue weighted by Crippen LogP contribution is -2.38. The van der Waals surface area contributed by atoms with Crippen LogP contribution in [0.25, 0.3) is 0 Å². The molecular formula is C4H3BF3N2-. The van der Waals surface area contributed by atoms with E-state index in [1.54, 1.807) is 0 Å². The van der Waals surface area contributed by atoms with Crippen LogP contribution in [-0.4, -0.2) is 16.9 Å². The van der Waals surface area contributed by atoms with Gasteiger partial charge in [-0.15, -0.1) is 0 Å². The second-order valence-electron chi connectivity index (χ2n) is 1.68. The summed E-state index contributed by atoms with van der Waals surface area (Å²) in [4.78, 5) is 6.08. The third-order valence-electron chi connectivity index (χ3n) is 0.879. The summed E-state index contributed by atoms with van der Waals surface area (Å²) in [6.45, 7) is -5.03. The lowest BCUT2D eigenvalue weighted by atomic mass is 9.91. The number of aromatic nitrogens is 2. The number of nitrogens with zero attached hydrogens (tertiary/aromatic N) is 2. The van der Waals surface area contributed by atoms with Crippen LogP contribution >= 0.6 is 0 Å². The molecule has 0 aliphatic heterocycles. The first-order valence-electron chi connectivity index (χ1n) is 2.57. The van der Waals surface area contributed by atoms with E-state index < -0.39 is 12.7 Å². The highest BCUT2D eigenvalue weighted by atomic mass is 19.4. The molecular weight excluding hydrogens is 144 g/mol. The Bertz CT molecular complexity index is 209. The highest BCUT2D eigenvalue weighted by Gasteiger charge is 2.28. The monoisotopic (exact) mass is 147 g/mol. The summed E-state index contributed by atoms with van der Waals surface area (Å²) in [6, 6.07) is 1.34. The summed E-state index contributed by atoms with van der Waals surface area (Å²) in [6.07, 6.45) is 2.13. The number of rotatable bonds is 1. The first-order chi connectivity index (χ1) is 4.61. The fourth-order valence-corrected chi connectivity index (χ4v) is 0.480. The summed E-state index contributed by atoms with van der Waals surface area (Å²) < 4.78 is 35.2. The zero-order valence-electron chi connectivity index (χ0n) is 4.84. The van der Waals surface area contributed by atoms with Crippen molar-refractivity contribution in [2.24, 2.45) is 0 Å². The smallest absolute Gasteiger partial charge is 0.443 e. The molecule has 1 aromatic heterocycles. The van der Waals surface area contributed by atoms with Crippen molar-refractivity contribution in [2.45, 2.75) is 0 Å². The van der Waals surface area contributed by atoms with Gasteiger partial charge < -0.3 is 12.9 Å². The van der Waals surface area contributed by atoms with E-state index in [0.29, 0.717) is 0 Å². The minimum Gasteiger partial charge on any atom is -0.443 e. The van der Waals surface area contributed by atoms with Crippen molar-refractivity contribution in [3.63, 3.8) is 0 Å². The Kier molecular flexibility index (Phi) is 1.61. The van der Waals surface area contributed by atoms with Gasteiger partial charge in [0.05, 0.1) is 5.72 Å². The minimum absolute atomic E-state index is 1.04. The van der Waals surface area contributed by atoms with E-state index in [4.69, 9.17) is 0 Å². The fourth-order valence-electron chi connectivity index (χ4n) is 0.480. The molecule has 0 radical (unpaired) electrons. The Morgan fingerprint density at radius 1 is 1.10 bits per heavy atom. The molecule has 0 aromatic carbocycles. The van der Waals surface area contributed by atoms with E-state index in [9.17, 15) is 12.9 Å². The van der Waals surface area contributed by atoms with Crippen LogP contribution in [0.5, 0.6) is 0 Å². The molecule has 0 saturated heterocycles. The van der Waals surface area contributed by atoms with Crippen molar-refractivity contribution in [2.75, 3.05) is 0 Å². The molecule has 0 atom stereocenters. The quantitative estimate of drug-likeness (QED) is 0.541. The molecule has 0 spiro atoms. The average Bonchev–Trinajstić information content (AvgIpc) is 1.88. The molecule has 0 amide bonds. The van der Waals surface area contributed by atoms with Crippen LogP contribution < -0.4 is 5.72 Å². The summed E-state index contributed by atoms with van der Waals surface area (Å²) in [7, 11) is 0. The third kappa shape index (κ3) is 1.46. The van der Waals surface area contributed by atoms with E-state index in [2.05, 4.69) is 9.97 Å². The highest BCUT2D eigenvalue weighted by molar-refractivity contribution is 6.71. The second kappa shape index (κ2) is 2.28. The molecule has 0 N–H and O–H groups in total. The Morgan fingerprint density at radius 3 is 1.90 bits per heavy atom. The van der Waals surface area contributed by atoms with Crippen molar-refractivity contribution < 1.29 is 12.9 Å². The number of hydrogen-bond donors (Lipinski definition) is 0. The van der Waals surface area contributed by atoms with E-state index in [-0.39, 0.29) is 0 Å². The Morgan fingerprint density at radius 2 is 1.60 bits per heavy atom. The third-order valence-corrected chi connectivity index (χ3v) is 0.879. The van der Waals surface area contributed by atoms with Gasteiger partial charge in [0.2, 0.25) is 0 Å². The van der Waals surface area contributed by atoms with Gasteiger partial charge in [-0.2, -0.15) is 0 Å². The fraction of sp³-hybridized carbons (Fsp3) is 0. The molecule has 0 aliphatic rings. The summed E-state index contributed by atoms with van der Waals surface area (Å²) >= 11 is 0. The zero-order valence-corrected chi connectivity index (χ0v) is 4.84. The van der Waals surface area contributed by atoms with Crippen LogP contribution in [-0.2, 0) is 0 Å². The maximum absolute atomic E-state index is 11.7. The summed E-state index contributed by atoms with van der Waals surface area (Å²) in [5.41, 5.74) is -1.04. The normalized spacial score (nSPS) is 11.5. The molecule has 1 aromatic rings. The Hall–Kier alpha value is -1.07. The second-order valence-corrected chi connectivity index (χ2v) is 1.68. The highest BCUT2D eigenvalue weighted by Crippen LogP contribution is 2.03. The summed E-state index contributed by atoms with van der Waals surface area (Å²) in [5.74, 6) is 0. The lowest BCUT2D eigenvalue weighted by molar-refractivity contribution is 0.495. The van der Waals surface area contributed by atoms with Crippen LogP contribution in [0, 0.1) is 0 Å². The van der Waals surface area contributed by atoms with E-state index >= 15 is 0 Å². The van der Waals surface area contributed by atoms with Gasteiger partial charge in [-0.1, -0.05) is 0 Å². The first-order valence-corrected chi connectivity index (χ1v) is 2.57. The maximum Gasteiger partial charge on any atom is 0.546 e. The van der Waals surface area contributed by atoms with Gasteiger partial charge in [0.15, 0.2) is 0 Å². The maximum atomic E-state index is 11.7. The largest absolute Gasteiger partial charge is 0.546 e. The minimum atomic E-state index is -5.03. The van der Waals surface area contributed by atoms with Gasteiger partial charge in [-0.3, -0.25) is 9.97 Å². The SMILES string of the molecule is F[B-](F)(F)c1ncccn1. The number of hydrogen-bond acceptors (Lipinski definition) is 2. The molecule has 6 heteroatoms. The van der Waals surface area contributed by atoms with Gasteiger partial charge in [-0.05, 0) is 6.07 Å². The molecule has 0 saturated carbocycles. The van der Waals surface area contributed by atoms with Gasteiger partial charge in [-0.25, -0.2) is 0 Å². The van der Waals surface area contributed by atoms with E-state index in [1.807, 2.05) is 0 Å². The van der Waals surface area contributed by atoms with Crippen molar-refractivity contribution in [1.82, 2.24) is 9.97 Å². The molecule has 2 nitrogen and oxygen atoms in total. The van der Waals surface area contributed by atoms with Gasteiger partial charge in [0.25, 0.3) is 0 Å².